The standard InChI is InChI=1S/C51H30N4OS/c1-3-14-31(15-4-1)49-52-50(32-16-5-2-6-17-32)54-51(53-49)38-22-13-27-45-47(38)39-30-33(28-29-44(39)57-45)34-20-12-26-43-46(34)37-21-11-25-42(48(37)56-43)55-40-23-9-7-18-35(40)36-19-8-10-24-41(36)55/h1-30H. The van der Waals surface area contributed by atoms with Gasteiger partial charge in [-0.2, -0.15) is 0 Å². The fourth-order valence-corrected chi connectivity index (χ4v) is 9.65. The first-order valence-electron chi connectivity index (χ1n) is 19.0. The second kappa shape index (κ2) is 12.6. The lowest BCUT2D eigenvalue weighted by molar-refractivity contribution is 0.666. The highest BCUT2D eigenvalue weighted by Crippen LogP contribution is 2.45. The topological polar surface area (TPSA) is 56.7 Å². The molecule has 0 fully saturated rings. The van der Waals surface area contributed by atoms with E-state index in [1.807, 2.05) is 60.7 Å². The summed E-state index contributed by atoms with van der Waals surface area (Å²) in [6, 6.07) is 63.7. The minimum Gasteiger partial charge on any atom is -0.454 e. The maximum absolute atomic E-state index is 6.84. The molecule has 0 N–H and O–H groups in total. The molecule has 4 aromatic heterocycles. The summed E-state index contributed by atoms with van der Waals surface area (Å²) in [5.41, 5.74) is 10.2. The summed E-state index contributed by atoms with van der Waals surface area (Å²) >= 11 is 1.79. The van der Waals surface area contributed by atoms with E-state index in [1.165, 1.54) is 25.6 Å². The zero-order chi connectivity index (χ0) is 37.5. The number of aromatic nitrogens is 4. The zero-order valence-corrected chi connectivity index (χ0v) is 31.2. The van der Waals surface area contributed by atoms with Crippen molar-refractivity contribution in [1.29, 1.82) is 0 Å². The summed E-state index contributed by atoms with van der Waals surface area (Å²) < 4.78 is 11.6. The Morgan fingerprint density at radius 3 is 1.72 bits per heavy atom. The largest absolute Gasteiger partial charge is 0.454 e. The molecule has 4 heterocycles. The van der Waals surface area contributed by atoms with Crippen LogP contribution in [-0.2, 0) is 0 Å². The number of rotatable bonds is 5. The normalized spacial score (nSPS) is 11.9. The zero-order valence-electron chi connectivity index (χ0n) is 30.4. The second-order valence-corrected chi connectivity index (χ2v) is 15.4. The predicted molar refractivity (Wildman–Crippen MR) is 236 cm³/mol. The number of para-hydroxylation sites is 3. The Bertz CT molecular complexity index is 3420. The molecule has 0 saturated heterocycles. The van der Waals surface area contributed by atoms with Gasteiger partial charge in [0, 0.05) is 58.4 Å². The Hall–Kier alpha value is -7.41. The van der Waals surface area contributed by atoms with Crippen molar-refractivity contribution in [2.75, 3.05) is 0 Å². The Morgan fingerprint density at radius 2 is 1.00 bits per heavy atom. The molecule has 0 atom stereocenters. The molecule has 0 amide bonds. The van der Waals surface area contributed by atoms with Crippen LogP contribution in [0.25, 0.3) is 115 Å². The number of hydrogen-bond acceptors (Lipinski definition) is 5. The lowest BCUT2D eigenvalue weighted by Crippen LogP contribution is -2.00. The number of furan rings is 1. The van der Waals surface area contributed by atoms with Crippen LogP contribution in [0.3, 0.4) is 0 Å². The number of nitrogens with zero attached hydrogens (tertiary/aromatic N) is 4. The quantitative estimate of drug-likeness (QED) is 0.176. The van der Waals surface area contributed by atoms with Crippen LogP contribution in [-0.4, -0.2) is 19.5 Å². The highest BCUT2D eigenvalue weighted by Gasteiger charge is 2.21. The summed E-state index contributed by atoms with van der Waals surface area (Å²) in [6.07, 6.45) is 0. The van der Waals surface area contributed by atoms with Crippen LogP contribution < -0.4 is 0 Å². The van der Waals surface area contributed by atoms with Crippen molar-refractivity contribution in [1.82, 2.24) is 19.5 Å². The van der Waals surface area contributed by atoms with Crippen molar-refractivity contribution in [2.24, 2.45) is 0 Å². The van der Waals surface area contributed by atoms with Crippen molar-refractivity contribution in [3.05, 3.63) is 182 Å². The first kappa shape index (κ1) is 31.9. The van der Waals surface area contributed by atoms with Crippen LogP contribution in [0, 0.1) is 0 Å². The molecule has 0 aliphatic rings. The number of hydrogen-bond donors (Lipinski definition) is 0. The molecule has 0 aliphatic carbocycles. The fraction of sp³-hybridized carbons (Fsp3) is 0. The van der Waals surface area contributed by atoms with Crippen molar-refractivity contribution >= 4 is 75.3 Å². The summed E-state index contributed by atoms with van der Waals surface area (Å²) in [7, 11) is 0. The first-order chi connectivity index (χ1) is 28.3. The van der Waals surface area contributed by atoms with Gasteiger partial charge in [0.15, 0.2) is 23.1 Å². The third kappa shape index (κ3) is 4.98. The SMILES string of the molecule is c1ccc(-c2nc(-c3ccccc3)nc(-c3cccc4sc5ccc(-c6cccc7oc8c(-n9c%10ccccc%10c%10ccccc%109)cccc8c67)cc5c34)n2)cc1. The molecule has 12 aromatic rings. The maximum atomic E-state index is 6.84. The summed E-state index contributed by atoms with van der Waals surface area (Å²) in [5, 5.41) is 6.95. The molecular formula is C51H30N4OS. The molecule has 0 aliphatic heterocycles. The van der Waals surface area contributed by atoms with E-state index in [2.05, 4.69) is 126 Å². The van der Waals surface area contributed by atoms with Gasteiger partial charge in [-0.1, -0.05) is 140 Å². The first-order valence-corrected chi connectivity index (χ1v) is 19.8. The van der Waals surface area contributed by atoms with Gasteiger partial charge in [-0.15, -0.1) is 11.3 Å². The van der Waals surface area contributed by atoms with E-state index in [4.69, 9.17) is 19.4 Å². The molecule has 0 radical (unpaired) electrons. The Balaban J connectivity index is 1.06. The molecule has 0 bridgehead atoms. The Kier molecular flexibility index (Phi) is 7.03. The van der Waals surface area contributed by atoms with Crippen LogP contribution in [0.1, 0.15) is 0 Å². The van der Waals surface area contributed by atoms with Gasteiger partial charge in [-0.3, -0.25) is 0 Å². The highest BCUT2D eigenvalue weighted by atomic mass is 32.1. The number of fused-ring (bicyclic) bond motifs is 9. The van der Waals surface area contributed by atoms with Crippen LogP contribution in [0.4, 0.5) is 0 Å². The average molecular weight is 747 g/mol. The van der Waals surface area contributed by atoms with Gasteiger partial charge in [-0.05, 0) is 53.6 Å². The van der Waals surface area contributed by atoms with Gasteiger partial charge in [0.2, 0.25) is 0 Å². The van der Waals surface area contributed by atoms with Crippen molar-refractivity contribution < 1.29 is 4.42 Å². The molecule has 12 rings (SSSR count). The number of thiophene rings is 1. The van der Waals surface area contributed by atoms with E-state index in [0.717, 1.165) is 71.9 Å². The van der Waals surface area contributed by atoms with Gasteiger partial charge in [0.25, 0.3) is 0 Å². The van der Waals surface area contributed by atoms with E-state index in [9.17, 15) is 0 Å². The minimum absolute atomic E-state index is 0.649. The van der Waals surface area contributed by atoms with Gasteiger partial charge >= 0.3 is 0 Å². The molecule has 0 unspecified atom stereocenters. The van der Waals surface area contributed by atoms with Crippen molar-refractivity contribution in [2.45, 2.75) is 0 Å². The van der Waals surface area contributed by atoms with Gasteiger partial charge in [-0.25, -0.2) is 15.0 Å². The van der Waals surface area contributed by atoms with Crippen LogP contribution in [0.5, 0.6) is 0 Å². The molecule has 57 heavy (non-hydrogen) atoms. The lowest BCUT2D eigenvalue weighted by Gasteiger charge is -2.10. The van der Waals surface area contributed by atoms with Crippen LogP contribution in [0.15, 0.2) is 186 Å². The molecule has 0 spiro atoms. The predicted octanol–water partition coefficient (Wildman–Crippen LogP) is 13.9. The Morgan fingerprint density at radius 1 is 0.404 bits per heavy atom. The van der Waals surface area contributed by atoms with E-state index in [0.29, 0.717) is 17.5 Å². The van der Waals surface area contributed by atoms with Crippen LogP contribution >= 0.6 is 11.3 Å². The van der Waals surface area contributed by atoms with E-state index >= 15 is 0 Å². The average Bonchev–Trinajstić information content (AvgIpc) is 3.96. The number of benzene rings is 8. The summed E-state index contributed by atoms with van der Waals surface area (Å²) in [6.45, 7) is 0. The summed E-state index contributed by atoms with van der Waals surface area (Å²) in [4.78, 5) is 15.2. The molecule has 8 aromatic carbocycles. The highest BCUT2D eigenvalue weighted by molar-refractivity contribution is 7.26. The molecule has 266 valence electrons. The molecule has 5 nitrogen and oxygen atoms in total. The van der Waals surface area contributed by atoms with E-state index in [1.54, 1.807) is 11.3 Å². The van der Waals surface area contributed by atoms with Gasteiger partial charge in [0.05, 0.1) is 16.7 Å². The maximum Gasteiger partial charge on any atom is 0.164 e. The molecule has 6 heteroatoms. The van der Waals surface area contributed by atoms with Crippen molar-refractivity contribution in [3.8, 4) is 51.0 Å². The third-order valence-corrected chi connectivity index (χ3v) is 12.2. The van der Waals surface area contributed by atoms with Gasteiger partial charge < -0.3 is 8.98 Å². The van der Waals surface area contributed by atoms with E-state index < -0.39 is 0 Å². The second-order valence-electron chi connectivity index (χ2n) is 14.3. The van der Waals surface area contributed by atoms with Crippen LogP contribution in [0.2, 0.25) is 0 Å². The molecule has 0 saturated carbocycles. The monoisotopic (exact) mass is 746 g/mol. The lowest BCUT2D eigenvalue weighted by atomic mass is 9.97. The van der Waals surface area contributed by atoms with Gasteiger partial charge in [0.1, 0.15) is 5.58 Å². The fourth-order valence-electron chi connectivity index (χ4n) is 8.54. The minimum atomic E-state index is 0.649. The summed E-state index contributed by atoms with van der Waals surface area (Å²) in [5.74, 6) is 1.95. The molecular weight excluding hydrogens is 717 g/mol. The smallest absolute Gasteiger partial charge is 0.164 e. The van der Waals surface area contributed by atoms with Crippen molar-refractivity contribution in [3.63, 3.8) is 0 Å². The van der Waals surface area contributed by atoms with E-state index in [-0.39, 0.29) is 0 Å². The third-order valence-electron chi connectivity index (χ3n) is 11.1. The Labute approximate surface area is 330 Å².